The van der Waals surface area contributed by atoms with Crippen LogP contribution in [0.3, 0.4) is 0 Å². The minimum absolute atomic E-state index is 0.129. The lowest BCUT2D eigenvalue weighted by atomic mass is 10.2. The van der Waals surface area contributed by atoms with E-state index in [1.165, 1.54) is 12.4 Å². The second kappa shape index (κ2) is 6.50. The van der Waals surface area contributed by atoms with E-state index in [9.17, 15) is 4.79 Å². The number of carbonyl (C=O) groups is 1. The predicted octanol–water partition coefficient (Wildman–Crippen LogP) is 1.89. The third kappa shape index (κ3) is 6.17. The molecule has 1 rings (SSSR count). The van der Waals surface area contributed by atoms with E-state index >= 15 is 0 Å². The molecule has 6 nitrogen and oxygen atoms in total. The molecule has 6 heteroatoms. The van der Waals surface area contributed by atoms with Crippen LogP contribution in [0.4, 0.5) is 4.79 Å². The molecule has 0 bridgehead atoms. The fourth-order valence-corrected chi connectivity index (χ4v) is 1.13. The quantitative estimate of drug-likeness (QED) is 0.896. The number of hydrogen-bond acceptors (Lipinski definition) is 5. The number of nitriles is 1. The second-order valence-electron chi connectivity index (χ2n) is 4.74. The zero-order valence-corrected chi connectivity index (χ0v) is 11.2. The highest BCUT2D eigenvalue weighted by Crippen LogP contribution is 2.06. The largest absolute Gasteiger partial charge is 0.444 e. The first-order chi connectivity index (χ1) is 8.90. The summed E-state index contributed by atoms with van der Waals surface area (Å²) in [4.78, 5) is 19.0. The summed E-state index contributed by atoms with van der Waals surface area (Å²) >= 11 is 0. The predicted molar refractivity (Wildman–Crippen MR) is 70.0 cm³/mol. The molecule has 0 saturated carbocycles. The van der Waals surface area contributed by atoms with Gasteiger partial charge in [0.25, 0.3) is 0 Å². The molecule has 0 aliphatic rings. The minimum Gasteiger partial charge on any atom is -0.444 e. The van der Waals surface area contributed by atoms with Crippen LogP contribution in [0, 0.1) is 11.3 Å². The van der Waals surface area contributed by atoms with Gasteiger partial charge in [0.2, 0.25) is 5.82 Å². The second-order valence-corrected chi connectivity index (χ2v) is 4.74. The highest BCUT2D eigenvalue weighted by Gasteiger charge is 2.14. The first-order valence-electron chi connectivity index (χ1n) is 5.76. The molecular weight excluding hydrogens is 244 g/mol. The molecule has 0 aliphatic heterocycles. The van der Waals surface area contributed by atoms with Crippen LogP contribution in [-0.4, -0.2) is 28.2 Å². The smallest absolute Gasteiger partial charge is 0.407 e. The van der Waals surface area contributed by atoms with Gasteiger partial charge in [-0.2, -0.15) is 5.26 Å². The van der Waals surface area contributed by atoms with Crippen molar-refractivity contribution in [1.29, 1.82) is 5.26 Å². The van der Waals surface area contributed by atoms with Crippen LogP contribution in [-0.2, 0) is 4.74 Å². The molecule has 1 aromatic rings. The lowest BCUT2D eigenvalue weighted by Crippen LogP contribution is -2.32. The standard InChI is InChI=1S/C13H16N4O2/c1-13(2,3)19-12(18)15-6-4-5-10-8-16-11(7-14)17-9-10/h4-5,8-9H,6H2,1-3H3,(H,15,18). The van der Waals surface area contributed by atoms with Crippen LogP contribution >= 0.6 is 0 Å². The molecule has 1 N–H and O–H groups in total. The van der Waals surface area contributed by atoms with Crippen molar-refractivity contribution >= 4 is 12.2 Å². The van der Waals surface area contributed by atoms with Gasteiger partial charge in [0, 0.05) is 24.5 Å². The zero-order valence-electron chi connectivity index (χ0n) is 11.2. The van der Waals surface area contributed by atoms with Crippen molar-refractivity contribution in [2.75, 3.05) is 6.54 Å². The molecule has 0 saturated heterocycles. The van der Waals surface area contributed by atoms with Crippen LogP contribution < -0.4 is 5.32 Å². The maximum absolute atomic E-state index is 11.3. The molecular formula is C13H16N4O2. The molecule has 0 atom stereocenters. The molecule has 1 aromatic heterocycles. The topological polar surface area (TPSA) is 87.9 Å². The number of amides is 1. The highest BCUT2D eigenvalue weighted by atomic mass is 16.6. The Balaban J connectivity index is 2.38. The highest BCUT2D eigenvalue weighted by molar-refractivity contribution is 5.68. The Kier molecular flexibility index (Phi) is 5.01. The Morgan fingerprint density at radius 3 is 2.63 bits per heavy atom. The van der Waals surface area contributed by atoms with Gasteiger partial charge in [-0.1, -0.05) is 12.2 Å². The number of rotatable bonds is 3. The summed E-state index contributed by atoms with van der Waals surface area (Å²) in [6.07, 6.45) is 6.10. The van der Waals surface area contributed by atoms with E-state index in [2.05, 4.69) is 15.3 Å². The summed E-state index contributed by atoms with van der Waals surface area (Å²) in [6.45, 7) is 5.75. The molecule has 0 fully saturated rings. The van der Waals surface area contributed by atoms with Crippen molar-refractivity contribution in [1.82, 2.24) is 15.3 Å². The molecule has 1 amide bonds. The normalized spacial score (nSPS) is 11.1. The Morgan fingerprint density at radius 1 is 1.47 bits per heavy atom. The van der Waals surface area contributed by atoms with Crippen molar-refractivity contribution in [2.45, 2.75) is 26.4 Å². The molecule has 0 unspecified atom stereocenters. The molecule has 0 radical (unpaired) electrons. The number of nitrogens with one attached hydrogen (secondary N) is 1. The van der Waals surface area contributed by atoms with E-state index in [1.807, 2.05) is 6.07 Å². The third-order valence-electron chi connectivity index (χ3n) is 1.85. The minimum atomic E-state index is -0.505. The van der Waals surface area contributed by atoms with Gasteiger partial charge < -0.3 is 10.1 Å². The number of ether oxygens (including phenoxy) is 1. The van der Waals surface area contributed by atoms with Crippen LogP contribution in [0.25, 0.3) is 6.08 Å². The van der Waals surface area contributed by atoms with Gasteiger partial charge in [-0.3, -0.25) is 0 Å². The average molecular weight is 260 g/mol. The van der Waals surface area contributed by atoms with Crippen molar-refractivity contribution in [3.8, 4) is 6.07 Å². The molecule has 19 heavy (non-hydrogen) atoms. The maximum Gasteiger partial charge on any atom is 0.407 e. The number of carbonyl (C=O) groups excluding carboxylic acids is 1. The molecule has 100 valence electrons. The number of hydrogen-bond donors (Lipinski definition) is 1. The van der Waals surface area contributed by atoms with Gasteiger partial charge in [-0.05, 0) is 20.8 Å². The zero-order chi connectivity index (χ0) is 14.3. The SMILES string of the molecule is CC(C)(C)OC(=O)NCC=Cc1cnc(C#N)nc1. The van der Waals surface area contributed by atoms with E-state index in [-0.39, 0.29) is 5.82 Å². The van der Waals surface area contributed by atoms with Gasteiger partial charge in [0.1, 0.15) is 11.7 Å². The Labute approximate surface area is 112 Å². The van der Waals surface area contributed by atoms with Crippen LogP contribution in [0.5, 0.6) is 0 Å². The van der Waals surface area contributed by atoms with Gasteiger partial charge >= 0.3 is 6.09 Å². The monoisotopic (exact) mass is 260 g/mol. The van der Waals surface area contributed by atoms with Crippen LogP contribution in [0.1, 0.15) is 32.2 Å². The van der Waals surface area contributed by atoms with E-state index in [4.69, 9.17) is 10.00 Å². The average Bonchev–Trinajstić information content (AvgIpc) is 2.33. The third-order valence-corrected chi connectivity index (χ3v) is 1.85. The Morgan fingerprint density at radius 2 is 2.11 bits per heavy atom. The summed E-state index contributed by atoms with van der Waals surface area (Å²) in [7, 11) is 0. The lowest BCUT2D eigenvalue weighted by Gasteiger charge is -2.19. The van der Waals surface area contributed by atoms with Gasteiger partial charge in [-0.25, -0.2) is 14.8 Å². The van der Waals surface area contributed by atoms with Crippen LogP contribution in [0.15, 0.2) is 18.5 Å². The summed E-state index contributed by atoms with van der Waals surface area (Å²) < 4.78 is 5.08. The summed E-state index contributed by atoms with van der Waals surface area (Å²) in [5.74, 6) is 0.129. The fourth-order valence-electron chi connectivity index (χ4n) is 1.13. The van der Waals surface area contributed by atoms with Crippen molar-refractivity contribution in [3.05, 3.63) is 29.9 Å². The molecule has 0 aliphatic carbocycles. The Hall–Kier alpha value is -2.42. The van der Waals surface area contributed by atoms with Gasteiger partial charge in [0.05, 0.1) is 0 Å². The molecule has 0 aromatic carbocycles. The van der Waals surface area contributed by atoms with E-state index in [1.54, 1.807) is 32.9 Å². The number of aromatic nitrogens is 2. The number of nitrogens with zero attached hydrogens (tertiary/aromatic N) is 3. The first-order valence-corrected chi connectivity index (χ1v) is 5.76. The first kappa shape index (κ1) is 14.6. The van der Waals surface area contributed by atoms with Crippen LogP contribution in [0.2, 0.25) is 0 Å². The maximum atomic E-state index is 11.3. The van der Waals surface area contributed by atoms with Crippen molar-refractivity contribution < 1.29 is 9.53 Å². The van der Waals surface area contributed by atoms with Crippen molar-refractivity contribution in [3.63, 3.8) is 0 Å². The fraction of sp³-hybridized carbons (Fsp3) is 0.385. The van der Waals surface area contributed by atoms with Gasteiger partial charge in [-0.15, -0.1) is 0 Å². The van der Waals surface area contributed by atoms with Gasteiger partial charge in [0.15, 0.2) is 0 Å². The van der Waals surface area contributed by atoms with E-state index in [0.717, 1.165) is 5.56 Å². The summed E-state index contributed by atoms with van der Waals surface area (Å²) in [5, 5.41) is 11.1. The Bertz CT molecular complexity index is 495. The number of alkyl carbamates (subject to hydrolysis) is 1. The summed E-state index contributed by atoms with van der Waals surface area (Å²) in [6, 6.07) is 1.84. The lowest BCUT2D eigenvalue weighted by molar-refractivity contribution is 0.0534. The summed E-state index contributed by atoms with van der Waals surface area (Å²) in [5.41, 5.74) is 0.249. The molecule has 1 heterocycles. The molecule has 0 spiro atoms. The van der Waals surface area contributed by atoms with E-state index < -0.39 is 11.7 Å². The van der Waals surface area contributed by atoms with Crippen molar-refractivity contribution in [2.24, 2.45) is 0 Å². The van der Waals surface area contributed by atoms with E-state index in [0.29, 0.717) is 6.54 Å².